The number of nitrogens with one attached hydrogen (secondary N) is 1. The summed E-state index contributed by atoms with van der Waals surface area (Å²) in [6.07, 6.45) is 1.66. The lowest BCUT2D eigenvalue weighted by Gasteiger charge is -2.10. The fourth-order valence-corrected chi connectivity index (χ4v) is 3.29. The van der Waals surface area contributed by atoms with Crippen LogP contribution in [0.25, 0.3) is 5.69 Å². The zero-order chi connectivity index (χ0) is 21.0. The van der Waals surface area contributed by atoms with Crippen LogP contribution in [0.1, 0.15) is 32.9 Å². The second kappa shape index (κ2) is 8.65. The van der Waals surface area contributed by atoms with E-state index in [0.717, 1.165) is 22.6 Å². The van der Waals surface area contributed by atoms with Crippen molar-refractivity contribution in [3.63, 3.8) is 0 Å². The molecular weight excluding hydrogens is 366 g/mol. The first-order chi connectivity index (χ1) is 13.9. The van der Waals surface area contributed by atoms with Crippen molar-refractivity contribution in [2.75, 3.05) is 14.2 Å². The van der Waals surface area contributed by atoms with E-state index >= 15 is 0 Å². The standard InChI is InChI=1S/C23H25N3O3/c1-15-7-6-8-19(11-15)26-16(2)12-18(17(26)3)14-24-25-23(27)21-10-9-20(28-4)13-22(21)29-5/h6-14H,1-5H3,(H,25,27)/b24-14-. The second-order valence-electron chi connectivity index (χ2n) is 6.77. The highest BCUT2D eigenvalue weighted by molar-refractivity contribution is 5.97. The van der Waals surface area contributed by atoms with E-state index in [1.165, 1.54) is 12.7 Å². The number of carbonyl (C=O) groups excluding carboxylic acids is 1. The van der Waals surface area contributed by atoms with Crippen molar-refractivity contribution in [1.82, 2.24) is 9.99 Å². The van der Waals surface area contributed by atoms with Gasteiger partial charge in [-0.2, -0.15) is 5.10 Å². The van der Waals surface area contributed by atoms with E-state index < -0.39 is 0 Å². The second-order valence-corrected chi connectivity index (χ2v) is 6.77. The molecule has 0 bridgehead atoms. The third-order valence-electron chi connectivity index (χ3n) is 4.75. The van der Waals surface area contributed by atoms with E-state index in [-0.39, 0.29) is 5.91 Å². The van der Waals surface area contributed by atoms with Gasteiger partial charge in [-0.1, -0.05) is 12.1 Å². The number of benzene rings is 2. The quantitative estimate of drug-likeness (QED) is 0.506. The molecule has 0 aliphatic rings. The van der Waals surface area contributed by atoms with Crippen LogP contribution in [0.3, 0.4) is 0 Å². The van der Waals surface area contributed by atoms with Crippen molar-refractivity contribution < 1.29 is 14.3 Å². The maximum absolute atomic E-state index is 12.5. The van der Waals surface area contributed by atoms with E-state index in [4.69, 9.17) is 9.47 Å². The molecule has 2 aromatic carbocycles. The van der Waals surface area contributed by atoms with Crippen LogP contribution in [-0.2, 0) is 0 Å². The van der Waals surface area contributed by atoms with Gasteiger partial charge in [-0.3, -0.25) is 4.79 Å². The highest BCUT2D eigenvalue weighted by Gasteiger charge is 2.13. The Bertz CT molecular complexity index is 1070. The number of carbonyl (C=O) groups is 1. The topological polar surface area (TPSA) is 64.8 Å². The zero-order valence-corrected chi connectivity index (χ0v) is 17.3. The molecule has 3 rings (SSSR count). The average Bonchev–Trinajstić information content (AvgIpc) is 3.00. The Hall–Kier alpha value is -3.54. The zero-order valence-electron chi connectivity index (χ0n) is 17.3. The number of aryl methyl sites for hydroxylation is 2. The molecule has 0 spiro atoms. The first-order valence-corrected chi connectivity index (χ1v) is 9.26. The van der Waals surface area contributed by atoms with E-state index in [0.29, 0.717) is 17.1 Å². The number of aromatic nitrogens is 1. The van der Waals surface area contributed by atoms with E-state index in [9.17, 15) is 4.79 Å². The summed E-state index contributed by atoms with van der Waals surface area (Å²) in [5.74, 6) is 0.688. The molecule has 1 aromatic heterocycles. The number of amides is 1. The van der Waals surface area contributed by atoms with Gasteiger partial charge in [0.05, 0.1) is 26.0 Å². The summed E-state index contributed by atoms with van der Waals surface area (Å²) in [4.78, 5) is 12.5. The molecule has 0 saturated carbocycles. The molecule has 6 heteroatoms. The Balaban J connectivity index is 1.79. The van der Waals surface area contributed by atoms with Gasteiger partial charge in [0.1, 0.15) is 11.5 Å². The Morgan fingerprint density at radius 1 is 1.03 bits per heavy atom. The minimum atomic E-state index is -0.353. The summed E-state index contributed by atoms with van der Waals surface area (Å²) in [7, 11) is 3.07. The van der Waals surface area contributed by atoms with Crippen LogP contribution < -0.4 is 14.9 Å². The van der Waals surface area contributed by atoms with Crippen molar-refractivity contribution in [1.29, 1.82) is 0 Å². The number of rotatable bonds is 6. The predicted molar refractivity (Wildman–Crippen MR) is 115 cm³/mol. The summed E-state index contributed by atoms with van der Waals surface area (Å²) >= 11 is 0. The molecule has 0 fully saturated rings. The van der Waals surface area contributed by atoms with Crippen LogP contribution >= 0.6 is 0 Å². The van der Waals surface area contributed by atoms with Crippen molar-refractivity contribution in [3.05, 3.63) is 76.6 Å². The van der Waals surface area contributed by atoms with Gasteiger partial charge in [-0.05, 0) is 56.7 Å². The van der Waals surface area contributed by atoms with Crippen LogP contribution in [0.4, 0.5) is 0 Å². The van der Waals surface area contributed by atoms with E-state index in [1.807, 2.05) is 26.0 Å². The van der Waals surface area contributed by atoms with Crippen molar-refractivity contribution in [3.8, 4) is 17.2 Å². The SMILES string of the molecule is COc1ccc(C(=O)N/N=C\c2cc(C)n(-c3cccc(C)c3)c2C)c(OC)c1. The van der Waals surface area contributed by atoms with Gasteiger partial charge >= 0.3 is 0 Å². The molecule has 1 heterocycles. The fourth-order valence-electron chi connectivity index (χ4n) is 3.29. The minimum Gasteiger partial charge on any atom is -0.497 e. The van der Waals surface area contributed by atoms with Gasteiger partial charge in [0.2, 0.25) is 0 Å². The molecule has 29 heavy (non-hydrogen) atoms. The average molecular weight is 391 g/mol. The Kier molecular flexibility index (Phi) is 6.02. The largest absolute Gasteiger partial charge is 0.497 e. The van der Waals surface area contributed by atoms with Gasteiger partial charge in [0, 0.05) is 28.7 Å². The molecule has 1 N–H and O–H groups in total. The first kappa shape index (κ1) is 20.2. The molecule has 150 valence electrons. The fraction of sp³-hybridized carbons (Fsp3) is 0.217. The summed E-state index contributed by atoms with van der Waals surface area (Å²) in [6, 6.07) is 15.4. The predicted octanol–water partition coefficient (Wildman–Crippen LogP) is 4.18. The van der Waals surface area contributed by atoms with Gasteiger partial charge in [-0.15, -0.1) is 0 Å². The minimum absolute atomic E-state index is 0.353. The Morgan fingerprint density at radius 2 is 1.83 bits per heavy atom. The van der Waals surface area contributed by atoms with E-state index in [2.05, 4.69) is 40.2 Å². The van der Waals surface area contributed by atoms with Crippen LogP contribution in [0.5, 0.6) is 11.5 Å². The molecule has 3 aromatic rings. The molecule has 0 aliphatic heterocycles. The number of hydrogen-bond donors (Lipinski definition) is 1. The van der Waals surface area contributed by atoms with Gasteiger partial charge in [-0.25, -0.2) is 5.43 Å². The van der Waals surface area contributed by atoms with Crippen molar-refractivity contribution in [2.24, 2.45) is 5.10 Å². The Morgan fingerprint density at radius 3 is 2.52 bits per heavy atom. The molecular formula is C23H25N3O3. The Labute approximate surface area is 170 Å². The first-order valence-electron chi connectivity index (χ1n) is 9.26. The number of nitrogens with zero attached hydrogens (tertiary/aromatic N) is 2. The maximum Gasteiger partial charge on any atom is 0.275 e. The molecule has 0 radical (unpaired) electrons. The molecule has 6 nitrogen and oxygen atoms in total. The summed E-state index contributed by atoms with van der Waals surface area (Å²) in [5, 5.41) is 4.14. The third-order valence-corrected chi connectivity index (χ3v) is 4.75. The lowest BCUT2D eigenvalue weighted by Crippen LogP contribution is -2.18. The normalized spacial score (nSPS) is 10.9. The highest BCUT2D eigenvalue weighted by Crippen LogP contribution is 2.24. The monoisotopic (exact) mass is 391 g/mol. The van der Waals surface area contributed by atoms with Crippen LogP contribution in [0.2, 0.25) is 0 Å². The summed E-state index contributed by atoms with van der Waals surface area (Å²) in [6.45, 7) is 6.15. The third kappa shape index (κ3) is 4.32. The lowest BCUT2D eigenvalue weighted by atomic mass is 10.2. The number of ether oxygens (including phenoxy) is 2. The smallest absolute Gasteiger partial charge is 0.275 e. The molecule has 0 aliphatic carbocycles. The number of methoxy groups -OCH3 is 2. The van der Waals surface area contributed by atoms with Crippen LogP contribution in [-0.4, -0.2) is 30.9 Å². The van der Waals surface area contributed by atoms with Gasteiger partial charge in [0.15, 0.2) is 0 Å². The van der Waals surface area contributed by atoms with Gasteiger partial charge in [0.25, 0.3) is 5.91 Å². The van der Waals surface area contributed by atoms with Gasteiger partial charge < -0.3 is 14.0 Å². The summed E-state index contributed by atoms with van der Waals surface area (Å²) < 4.78 is 12.6. The molecule has 1 amide bonds. The molecule has 0 unspecified atom stereocenters. The lowest BCUT2D eigenvalue weighted by molar-refractivity contribution is 0.0952. The maximum atomic E-state index is 12.5. The van der Waals surface area contributed by atoms with Crippen LogP contribution in [0, 0.1) is 20.8 Å². The molecule has 0 saturated heterocycles. The summed E-state index contributed by atoms with van der Waals surface area (Å²) in [5.41, 5.74) is 8.33. The van der Waals surface area contributed by atoms with Crippen LogP contribution in [0.15, 0.2) is 53.6 Å². The molecule has 0 atom stereocenters. The van der Waals surface area contributed by atoms with Crippen molar-refractivity contribution >= 4 is 12.1 Å². The highest BCUT2D eigenvalue weighted by atomic mass is 16.5. The van der Waals surface area contributed by atoms with E-state index in [1.54, 1.807) is 31.5 Å². The number of hydrogen-bond acceptors (Lipinski definition) is 4. The van der Waals surface area contributed by atoms with Crippen molar-refractivity contribution in [2.45, 2.75) is 20.8 Å². The number of hydrazone groups is 1.